The summed E-state index contributed by atoms with van der Waals surface area (Å²) in [6.45, 7) is 4.30. The molecule has 19 heavy (non-hydrogen) atoms. The van der Waals surface area contributed by atoms with Crippen LogP contribution >= 0.6 is 11.8 Å². The first-order valence-electron chi connectivity index (χ1n) is 6.23. The summed E-state index contributed by atoms with van der Waals surface area (Å²) in [6.07, 6.45) is 0. The van der Waals surface area contributed by atoms with Crippen molar-refractivity contribution >= 4 is 17.4 Å². The first-order valence-corrected chi connectivity index (χ1v) is 7.22. The Hall–Kier alpha value is -1.61. The molecule has 0 aliphatic rings. The number of benzene rings is 2. The molecule has 0 saturated heterocycles. The molecule has 2 aromatic rings. The molecule has 3 heteroatoms. The summed E-state index contributed by atoms with van der Waals surface area (Å²) in [4.78, 5) is 1.07. The molecule has 0 bridgehead atoms. The van der Waals surface area contributed by atoms with Gasteiger partial charge < -0.3 is 10.5 Å². The molecule has 0 saturated carbocycles. The van der Waals surface area contributed by atoms with Gasteiger partial charge in [0.05, 0.1) is 7.11 Å². The molecule has 0 radical (unpaired) electrons. The minimum Gasteiger partial charge on any atom is -0.497 e. The maximum Gasteiger partial charge on any atom is 0.120 e. The highest BCUT2D eigenvalue weighted by atomic mass is 32.2. The van der Waals surface area contributed by atoms with Crippen molar-refractivity contribution in [1.82, 2.24) is 0 Å². The topological polar surface area (TPSA) is 35.2 Å². The highest BCUT2D eigenvalue weighted by molar-refractivity contribution is 7.98. The second-order valence-electron chi connectivity index (χ2n) is 4.56. The summed E-state index contributed by atoms with van der Waals surface area (Å²) < 4.78 is 5.24. The molecule has 0 aromatic heterocycles. The Morgan fingerprint density at radius 3 is 2.42 bits per heavy atom. The molecule has 2 N–H and O–H groups in total. The van der Waals surface area contributed by atoms with Crippen molar-refractivity contribution in [2.45, 2.75) is 24.5 Å². The van der Waals surface area contributed by atoms with E-state index in [1.165, 1.54) is 16.7 Å². The van der Waals surface area contributed by atoms with Gasteiger partial charge in [0.1, 0.15) is 5.75 Å². The van der Waals surface area contributed by atoms with Gasteiger partial charge in [-0.15, -0.1) is 11.8 Å². The fourth-order valence-corrected chi connectivity index (χ4v) is 3.18. The van der Waals surface area contributed by atoms with Gasteiger partial charge in [0.25, 0.3) is 0 Å². The van der Waals surface area contributed by atoms with Crippen LogP contribution in [-0.4, -0.2) is 7.11 Å². The Bertz CT molecular complexity index is 561. The minimum atomic E-state index is 0.803. The van der Waals surface area contributed by atoms with Gasteiger partial charge in [-0.1, -0.05) is 18.2 Å². The molecule has 2 nitrogen and oxygen atoms in total. The van der Waals surface area contributed by atoms with Crippen molar-refractivity contribution in [2.24, 2.45) is 0 Å². The zero-order valence-corrected chi connectivity index (χ0v) is 12.4. The van der Waals surface area contributed by atoms with Crippen molar-refractivity contribution in [3.05, 3.63) is 53.1 Å². The van der Waals surface area contributed by atoms with E-state index in [1.54, 1.807) is 18.9 Å². The average Bonchev–Trinajstić information content (AvgIpc) is 2.40. The van der Waals surface area contributed by atoms with E-state index in [2.05, 4.69) is 32.0 Å². The maximum atomic E-state index is 6.01. The van der Waals surface area contributed by atoms with Gasteiger partial charge in [0, 0.05) is 16.3 Å². The number of rotatable bonds is 4. The Balaban J connectivity index is 2.19. The van der Waals surface area contributed by atoms with Gasteiger partial charge in [-0.2, -0.15) is 0 Å². The smallest absolute Gasteiger partial charge is 0.120 e. The van der Waals surface area contributed by atoms with Gasteiger partial charge in [-0.25, -0.2) is 0 Å². The fraction of sp³-hybridized carbons (Fsp3) is 0.250. The SMILES string of the molecule is COc1ccc(N)c(SCc2c(C)cccc2C)c1. The third kappa shape index (κ3) is 3.24. The Morgan fingerprint density at radius 2 is 1.79 bits per heavy atom. The summed E-state index contributed by atoms with van der Waals surface area (Å²) in [5, 5.41) is 0. The first-order chi connectivity index (χ1) is 9.11. The lowest BCUT2D eigenvalue weighted by atomic mass is 10.1. The summed E-state index contributed by atoms with van der Waals surface area (Å²) >= 11 is 1.75. The van der Waals surface area contributed by atoms with E-state index in [9.17, 15) is 0 Å². The van der Waals surface area contributed by atoms with Crippen LogP contribution in [0.3, 0.4) is 0 Å². The van der Waals surface area contributed by atoms with Crippen molar-refractivity contribution in [3.8, 4) is 5.75 Å². The quantitative estimate of drug-likeness (QED) is 0.670. The number of ether oxygens (including phenoxy) is 1. The van der Waals surface area contributed by atoms with Gasteiger partial charge in [-0.05, 0) is 48.7 Å². The summed E-state index contributed by atoms with van der Waals surface area (Å²) in [5.74, 6) is 1.77. The highest BCUT2D eigenvalue weighted by Gasteiger charge is 2.06. The molecule has 0 fully saturated rings. The van der Waals surface area contributed by atoms with E-state index >= 15 is 0 Å². The van der Waals surface area contributed by atoms with Crippen molar-refractivity contribution < 1.29 is 4.74 Å². The average molecular weight is 273 g/mol. The predicted octanol–water partition coefficient (Wildman–Crippen LogP) is 4.19. The van der Waals surface area contributed by atoms with Gasteiger partial charge >= 0.3 is 0 Å². The zero-order chi connectivity index (χ0) is 13.8. The monoisotopic (exact) mass is 273 g/mol. The van der Waals surface area contributed by atoms with Crippen LogP contribution in [0.15, 0.2) is 41.3 Å². The van der Waals surface area contributed by atoms with Crippen LogP contribution in [0.5, 0.6) is 5.75 Å². The molecule has 2 aromatic carbocycles. The number of nitrogen functional groups attached to an aromatic ring is 1. The third-order valence-corrected chi connectivity index (χ3v) is 4.33. The Kier molecular flexibility index (Phi) is 4.38. The second-order valence-corrected chi connectivity index (χ2v) is 5.58. The normalized spacial score (nSPS) is 10.5. The maximum absolute atomic E-state index is 6.01. The predicted molar refractivity (Wildman–Crippen MR) is 82.9 cm³/mol. The Morgan fingerprint density at radius 1 is 1.11 bits per heavy atom. The van der Waals surface area contributed by atoms with E-state index < -0.39 is 0 Å². The molecule has 100 valence electrons. The van der Waals surface area contributed by atoms with Crippen LogP contribution < -0.4 is 10.5 Å². The van der Waals surface area contributed by atoms with Crippen molar-refractivity contribution in [1.29, 1.82) is 0 Å². The van der Waals surface area contributed by atoms with Crippen LogP contribution in [0.1, 0.15) is 16.7 Å². The van der Waals surface area contributed by atoms with Crippen LogP contribution in [0.4, 0.5) is 5.69 Å². The van der Waals surface area contributed by atoms with Gasteiger partial charge in [-0.3, -0.25) is 0 Å². The van der Waals surface area contributed by atoms with E-state index in [-0.39, 0.29) is 0 Å². The minimum absolute atomic E-state index is 0.803. The molecular weight excluding hydrogens is 254 g/mol. The zero-order valence-electron chi connectivity index (χ0n) is 11.6. The second kappa shape index (κ2) is 6.02. The van der Waals surface area contributed by atoms with E-state index in [0.29, 0.717) is 0 Å². The van der Waals surface area contributed by atoms with E-state index in [4.69, 9.17) is 10.5 Å². The number of anilines is 1. The molecule has 0 spiro atoms. The Labute approximate surface area is 119 Å². The van der Waals surface area contributed by atoms with E-state index in [1.807, 2.05) is 18.2 Å². The van der Waals surface area contributed by atoms with Gasteiger partial charge in [0.15, 0.2) is 0 Å². The largest absolute Gasteiger partial charge is 0.497 e. The molecule has 2 rings (SSSR count). The highest BCUT2D eigenvalue weighted by Crippen LogP contribution is 2.32. The lowest BCUT2D eigenvalue weighted by Crippen LogP contribution is -1.94. The third-order valence-electron chi connectivity index (χ3n) is 3.24. The molecule has 0 atom stereocenters. The number of hydrogen-bond donors (Lipinski definition) is 1. The van der Waals surface area contributed by atoms with Crippen LogP contribution in [-0.2, 0) is 5.75 Å². The molecule has 0 aliphatic heterocycles. The fourth-order valence-electron chi connectivity index (χ4n) is 1.99. The summed E-state index contributed by atoms with van der Waals surface area (Å²) in [5.41, 5.74) is 10.9. The van der Waals surface area contributed by atoms with Crippen molar-refractivity contribution in [3.63, 3.8) is 0 Å². The van der Waals surface area contributed by atoms with Gasteiger partial charge in [0.2, 0.25) is 0 Å². The lowest BCUT2D eigenvalue weighted by molar-refractivity contribution is 0.414. The number of aryl methyl sites for hydroxylation is 2. The number of thioether (sulfide) groups is 1. The van der Waals surface area contributed by atoms with Crippen molar-refractivity contribution in [2.75, 3.05) is 12.8 Å². The number of nitrogens with two attached hydrogens (primary N) is 1. The molecular formula is C16H19NOS. The standard InChI is InChI=1S/C16H19NOS/c1-11-5-4-6-12(2)14(11)10-19-16-9-13(18-3)7-8-15(16)17/h4-9H,10,17H2,1-3H3. The number of hydrogen-bond acceptors (Lipinski definition) is 3. The summed E-state index contributed by atoms with van der Waals surface area (Å²) in [7, 11) is 1.67. The van der Waals surface area contributed by atoms with Crippen LogP contribution in [0.2, 0.25) is 0 Å². The number of methoxy groups -OCH3 is 1. The lowest BCUT2D eigenvalue weighted by Gasteiger charge is -2.11. The van der Waals surface area contributed by atoms with Crippen LogP contribution in [0.25, 0.3) is 0 Å². The first kappa shape index (κ1) is 13.8. The van der Waals surface area contributed by atoms with Crippen LogP contribution in [0, 0.1) is 13.8 Å². The molecule has 0 aliphatic carbocycles. The molecule has 0 unspecified atom stereocenters. The van der Waals surface area contributed by atoms with E-state index in [0.717, 1.165) is 22.1 Å². The molecule has 0 heterocycles. The summed E-state index contributed by atoms with van der Waals surface area (Å²) in [6, 6.07) is 12.2. The molecule has 0 amide bonds.